The highest BCUT2D eigenvalue weighted by Gasteiger charge is 2.26. The van der Waals surface area contributed by atoms with Crippen LogP contribution in [0.2, 0.25) is 0 Å². The minimum absolute atomic E-state index is 0.252. The second-order valence-electron chi connectivity index (χ2n) is 7.74. The lowest BCUT2D eigenvalue weighted by Crippen LogP contribution is -2.39. The SMILES string of the molecule is Cc1cc(NC[C@H]2CCCN(C(C)c3ccc4c(n3)OCCO4)C2)nc(C)n1. The van der Waals surface area contributed by atoms with Crippen LogP contribution in [0.15, 0.2) is 18.2 Å². The summed E-state index contributed by atoms with van der Waals surface area (Å²) in [6.07, 6.45) is 2.43. The Bertz CT molecular complexity index is 808. The smallest absolute Gasteiger partial charge is 0.257 e. The monoisotopic (exact) mass is 383 g/mol. The molecule has 7 nitrogen and oxygen atoms in total. The molecule has 28 heavy (non-hydrogen) atoms. The fraction of sp³-hybridized carbons (Fsp3) is 0.571. The summed E-state index contributed by atoms with van der Waals surface area (Å²) in [7, 11) is 0. The summed E-state index contributed by atoms with van der Waals surface area (Å²) >= 11 is 0. The molecule has 1 saturated heterocycles. The van der Waals surface area contributed by atoms with Crippen LogP contribution in [0.25, 0.3) is 0 Å². The lowest BCUT2D eigenvalue weighted by molar-refractivity contribution is 0.131. The molecule has 4 rings (SSSR count). The van der Waals surface area contributed by atoms with Crippen molar-refractivity contribution in [1.29, 1.82) is 0 Å². The zero-order valence-electron chi connectivity index (χ0n) is 16.9. The van der Waals surface area contributed by atoms with Gasteiger partial charge in [0.2, 0.25) is 0 Å². The number of piperidine rings is 1. The Morgan fingerprint density at radius 1 is 1.18 bits per heavy atom. The van der Waals surface area contributed by atoms with Gasteiger partial charge in [-0.05, 0) is 58.2 Å². The van der Waals surface area contributed by atoms with Crippen molar-refractivity contribution in [2.75, 3.05) is 38.2 Å². The highest BCUT2D eigenvalue weighted by atomic mass is 16.6. The summed E-state index contributed by atoms with van der Waals surface area (Å²) in [6, 6.07) is 6.31. The van der Waals surface area contributed by atoms with E-state index in [1.165, 1.54) is 12.8 Å². The lowest BCUT2D eigenvalue weighted by Gasteiger charge is -2.37. The van der Waals surface area contributed by atoms with E-state index in [1.54, 1.807) is 0 Å². The summed E-state index contributed by atoms with van der Waals surface area (Å²) in [5.74, 6) is 3.69. The third kappa shape index (κ3) is 4.35. The molecule has 0 radical (unpaired) electrons. The molecule has 2 aliphatic rings. The van der Waals surface area contributed by atoms with Crippen molar-refractivity contribution in [3.8, 4) is 11.6 Å². The van der Waals surface area contributed by atoms with Gasteiger partial charge in [-0.3, -0.25) is 4.90 Å². The summed E-state index contributed by atoms with van der Waals surface area (Å²) in [4.78, 5) is 16.1. The van der Waals surface area contributed by atoms with Crippen molar-refractivity contribution in [2.24, 2.45) is 5.92 Å². The van der Waals surface area contributed by atoms with Crippen molar-refractivity contribution >= 4 is 5.82 Å². The molecular formula is C21H29N5O2. The largest absolute Gasteiger partial charge is 0.484 e. The van der Waals surface area contributed by atoms with Gasteiger partial charge in [-0.1, -0.05) is 0 Å². The van der Waals surface area contributed by atoms with E-state index in [4.69, 9.17) is 14.5 Å². The fourth-order valence-corrected chi connectivity index (χ4v) is 4.04. The van der Waals surface area contributed by atoms with Gasteiger partial charge in [0.1, 0.15) is 24.9 Å². The van der Waals surface area contributed by atoms with Crippen LogP contribution in [0.4, 0.5) is 5.82 Å². The minimum atomic E-state index is 0.252. The van der Waals surface area contributed by atoms with Crippen LogP contribution in [0.3, 0.4) is 0 Å². The van der Waals surface area contributed by atoms with Crippen LogP contribution in [0.1, 0.15) is 43.0 Å². The average Bonchev–Trinajstić information content (AvgIpc) is 2.71. The Balaban J connectivity index is 1.37. The van der Waals surface area contributed by atoms with Crippen LogP contribution in [0, 0.1) is 19.8 Å². The third-order valence-corrected chi connectivity index (χ3v) is 5.49. The standard InChI is InChI=1S/C21H29N5O2/c1-14-11-20(24-16(3)23-14)22-12-17-5-4-8-26(13-17)15(2)18-6-7-19-21(25-18)28-10-9-27-19/h6-7,11,15,17H,4-5,8-10,12-13H2,1-3H3,(H,22,23,24)/t15?,17-/m1/s1. The fourth-order valence-electron chi connectivity index (χ4n) is 4.04. The number of hydrogen-bond donors (Lipinski definition) is 1. The number of rotatable bonds is 5. The van der Waals surface area contributed by atoms with E-state index in [1.807, 2.05) is 26.0 Å². The Labute approximate surface area is 166 Å². The molecule has 7 heteroatoms. The second kappa shape index (κ2) is 8.31. The van der Waals surface area contributed by atoms with Gasteiger partial charge >= 0.3 is 0 Å². The number of ether oxygens (including phenoxy) is 2. The quantitative estimate of drug-likeness (QED) is 0.850. The molecular weight excluding hydrogens is 354 g/mol. The van der Waals surface area contributed by atoms with Gasteiger partial charge in [0.15, 0.2) is 5.75 Å². The van der Waals surface area contributed by atoms with Gasteiger partial charge in [0, 0.05) is 30.9 Å². The van der Waals surface area contributed by atoms with E-state index in [9.17, 15) is 0 Å². The predicted molar refractivity (Wildman–Crippen MR) is 108 cm³/mol. The van der Waals surface area contributed by atoms with E-state index < -0.39 is 0 Å². The molecule has 1 N–H and O–H groups in total. The van der Waals surface area contributed by atoms with E-state index in [0.717, 1.165) is 48.4 Å². The molecule has 2 aromatic heterocycles. The Morgan fingerprint density at radius 3 is 2.89 bits per heavy atom. The van der Waals surface area contributed by atoms with Gasteiger partial charge in [0.25, 0.3) is 5.88 Å². The number of aryl methyl sites for hydroxylation is 2. The zero-order chi connectivity index (χ0) is 19.5. The van der Waals surface area contributed by atoms with E-state index >= 15 is 0 Å². The number of nitrogens with one attached hydrogen (secondary N) is 1. The van der Waals surface area contributed by atoms with E-state index in [-0.39, 0.29) is 6.04 Å². The van der Waals surface area contributed by atoms with E-state index in [0.29, 0.717) is 25.0 Å². The second-order valence-corrected chi connectivity index (χ2v) is 7.74. The molecule has 0 spiro atoms. The number of hydrogen-bond acceptors (Lipinski definition) is 7. The Kier molecular flexibility index (Phi) is 5.62. The van der Waals surface area contributed by atoms with Gasteiger partial charge in [-0.15, -0.1) is 0 Å². The maximum Gasteiger partial charge on any atom is 0.257 e. The normalized spacial score (nSPS) is 20.6. The Hall–Kier alpha value is -2.41. The molecule has 1 unspecified atom stereocenters. The van der Waals surface area contributed by atoms with Gasteiger partial charge < -0.3 is 14.8 Å². The van der Waals surface area contributed by atoms with Gasteiger partial charge in [0.05, 0.1) is 5.69 Å². The van der Waals surface area contributed by atoms with Crippen LogP contribution in [-0.4, -0.2) is 52.7 Å². The zero-order valence-corrected chi connectivity index (χ0v) is 16.9. The summed E-state index contributed by atoms with van der Waals surface area (Å²) in [5, 5.41) is 3.51. The lowest BCUT2D eigenvalue weighted by atomic mass is 9.96. The first-order valence-electron chi connectivity index (χ1n) is 10.2. The number of aromatic nitrogens is 3. The van der Waals surface area contributed by atoms with Crippen LogP contribution < -0.4 is 14.8 Å². The molecule has 150 valence electrons. The number of anilines is 1. The highest BCUT2D eigenvalue weighted by Crippen LogP contribution is 2.32. The van der Waals surface area contributed by atoms with Gasteiger partial charge in [-0.25, -0.2) is 15.0 Å². The maximum atomic E-state index is 5.65. The molecule has 0 aromatic carbocycles. The molecule has 2 atom stereocenters. The molecule has 0 aliphatic carbocycles. The molecule has 0 bridgehead atoms. The molecule has 0 amide bonds. The summed E-state index contributed by atoms with van der Waals surface area (Å²) in [6.45, 7) is 10.4. The number of nitrogens with zero attached hydrogens (tertiary/aromatic N) is 4. The molecule has 1 fully saturated rings. The van der Waals surface area contributed by atoms with Gasteiger partial charge in [-0.2, -0.15) is 0 Å². The number of fused-ring (bicyclic) bond motifs is 1. The van der Waals surface area contributed by atoms with Crippen molar-refractivity contribution in [1.82, 2.24) is 19.9 Å². The molecule has 2 aromatic rings. The predicted octanol–water partition coefficient (Wildman–Crippen LogP) is 3.14. The number of likely N-dealkylation sites (tertiary alicyclic amines) is 1. The Morgan fingerprint density at radius 2 is 2.04 bits per heavy atom. The maximum absolute atomic E-state index is 5.65. The van der Waals surface area contributed by atoms with E-state index in [2.05, 4.69) is 33.2 Å². The van der Waals surface area contributed by atoms with Crippen LogP contribution >= 0.6 is 0 Å². The minimum Gasteiger partial charge on any atom is -0.484 e. The molecule has 0 saturated carbocycles. The summed E-state index contributed by atoms with van der Waals surface area (Å²) < 4.78 is 11.2. The highest BCUT2D eigenvalue weighted by molar-refractivity contribution is 5.37. The van der Waals surface area contributed by atoms with Crippen molar-refractivity contribution in [2.45, 2.75) is 39.7 Å². The topological polar surface area (TPSA) is 72.4 Å². The van der Waals surface area contributed by atoms with Crippen molar-refractivity contribution in [3.63, 3.8) is 0 Å². The average molecular weight is 383 g/mol. The van der Waals surface area contributed by atoms with Crippen LogP contribution in [0.5, 0.6) is 11.6 Å². The molecule has 2 aliphatic heterocycles. The van der Waals surface area contributed by atoms with Crippen LogP contribution in [-0.2, 0) is 0 Å². The number of pyridine rings is 1. The first-order chi connectivity index (χ1) is 13.6. The first-order valence-corrected chi connectivity index (χ1v) is 10.2. The van der Waals surface area contributed by atoms with Crippen molar-refractivity contribution < 1.29 is 9.47 Å². The first kappa shape index (κ1) is 18.9. The van der Waals surface area contributed by atoms with Crippen molar-refractivity contribution in [3.05, 3.63) is 35.4 Å². The molecule has 4 heterocycles. The summed E-state index contributed by atoms with van der Waals surface area (Å²) in [5.41, 5.74) is 2.04. The third-order valence-electron chi connectivity index (χ3n) is 5.49.